The van der Waals surface area contributed by atoms with Crippen molar-refractivity contribution >= 4 is 17.6 Å². The third kappa shape index (κ3) is 4.13. The summed E-state index contributed by atoms with van der Waals surface area (Å²) in [4.78, 5) is 21.6. The minimum absolute atomic E-state index is 0.0323. The fourth-order valence-corrected chi connectivity index (χ4v) is 1.32. The number of carbonyl (C=O) groups excluding carboxylic acids is 2. The lowest BCUT2D eigenvalue weighted by molar-refractivity contribution is -0.304. The van der Waals surface area contributed by atoms with E-state index in [1.54, 1.807) is 24.3 Å². The molecule has 0 fully saturated rings. The van der Waals surface area contributed by atoms with Gasteiger partial charge in [-0.25, -0.2) is 0 Å². The molecule has 0 spiro atoms. The van der Waals surface area contributed by atoms with Crippen molar-refractivity contribution in [3.63, 3.8) is 0 Å². The molecule has 0 aliphatic heterocycles. The number of amides is 1. The van der Waals surface area contributed by atoms with Crippen molar-refractivity contribution in [2.24, 2.45) is 0 Å². The number of aliphatic carboxylic acids is 1. The Morgan fingerprint density at radius 1 is 1.25 bits per heavy atom. The third-order valence-corrected chi connectivity index (χ3v) is 2.06. The van der Waals surface area contributed by atoms with Gasteiger partial charge in [0.1, 0.15) is 0 Å². The average Bonchev–Trinajstić information content (AvgIpc) is 2.20. The summed E-state index contributed by atoms with van der Waals surface area (Å²) >= 11 is 0. The molecular weight excluding hydrogens is 206 g/mol. The number of hydrogen-bond acceptors (Lipinski definition) is 3. The Kier molecular flexibility index (Phi) is 4.51. The number of hydrogen-bond donors (Lipinski definition) is 1. The first kappa shape index (κ1) is 12.2. The first-order valence-corrected chi connectivity index (χ1v) is 5.20. The van der Waals surface area contributed by atoms with Crippen LogP contribution >= 0.6 is 0 Å². The van der Waals surface area contributed by atoms with Crippen LogP contribution in [-0.4, -0.2) is 11.9 Å². The predicted octanol–water partition coefficient (Wildman–Crippen LogP) is 0.718. The SMILES string of the molecule is CCCC(=O)Nc1ccc(CC(=O)[O-])cc1. The molecule has 0 heterocycles. The summed E-state index contributed by atoms with van der Waals surface area (Å²) in [5.74, 6) is -1.14. The molecule has 1 aromatic rings. The predicted molar refractivity (Wildman–Crippen MR) is 58.7 cm³/mol. The van der Waals surface area contributed by atoms with Crippen LogP contribution in [0.3, 0.4) is 0 Å². The van der Waals surface area contributed by atoms with Crippen molar-refractivity contribution < 1.29 is 14.7 Å². The van der Waals surface area contributed by atoms with Gasteiger partial charge in [-0.3, -0.25) is 4.79 Å². The van der Waals surface area contributed by atoms with Crippen molar-refractivity contribution in [1.82, 2.24) is 0 Å². The summed E-state index contributed by atoms with van der Waals surface area (Å²) in [6.07, 6.45) is 1.18. The van der Waals surface area contributed by atoms with E-state index < -0.39 is 5.97 Å². The average molecular weight is 220 g/mol. The molecule has 1 aromatic carbocycles. The van der Waals surface area contributed by atoms with E-state index in [1.165, 1.54) is 0 Å². The highest BCUT2D eigenvalue weighted by molar-refractivity contribution is 5.90. The zero-order valence-electron chi connectivity index (χ0n) is 9.16. The second kappa shape index (κ2) is 5.90. The molecular formula is C12H14NO3-. The van der Waals surface area contributed by atoms with Crippen LogP contribution in [0.15, 0.2) is 24.3 Å². The largest absolute Gasteiger partial charge is 0.550 e. The van der Waals surface area contributed by atoms with Gasteiger partial charge in [-0.2, -0.15) is 0 Å². The quantitative estimate of drug-likeness (QED) is 0.794. The molecule has 1 amide bonds. The summed E-state index contributed by atoms with van der Waals surface area (Å²) < 4.78 is 0. The van der Waals surface area contributed by atoms with Gasteiger partial charge in [-0.1, -0.05) is 19.1 Å². The summed E-state index contributed by atoms with van der Waals surface area (Å²) in [6.45, 7) is 1.93. The van der Waals surface area contributed by atoms with E-state index >= 15 is 0 Å². The van der Waals surface area contributed by atoms with E-state index in [9.17, 15) is 14.7 Å². The Bertz CT molecular complexity index is 370. The number of benzene rings is 1. The molecule has 86 valence electrons. The van der Waals surface area contributed by atoms with E-state index in [0.717, 1.165) is 6.42 Å². The Morgan fingerprint density at radius 3 is 2.38 bits per heavy atom. The van der Waals surface area contributed by atoms with Crippen LogP contribution in [0.25, 0.3) is 0 Å². The van der Waals surface area contributed by atoms with Crippen molar-refractivity contribution in [2.75, 3.05) is 5.32 Å². The van der Waals surface area contributed by atoms with Gasteiger partial charge in [0.25, 0.3) is 0 Å². The Labute approximate surface area is 94.3 Å². The molecule has 16 heavy (non-hydrogen) atoms. The summed E-state index contributed by atoms with van der Waals surface area (Å²) in [5.41, 5.74) is 1.34. The monoisotopic (exact) mass is 220 g/mol. The van der Waals surface area contributed by atoms with E-state index in [2.05, 4.69) is 5.32 Å². The topological polar surface area (TPSA) is 69.2 Å². The van der Waals surface area contributed by atoms with Gasteiger partial charge in [0.05, 0.1) is 0 Å². The van der Waals surface area contributed by atoms with Crippen LogP contribution < -0.4 is 10.4 Å². The van der Waals surface area contributed by atoms with Crippen LogP contribution in [0, 0.1) is 0 Å². The summed E-state index contributed by atoms with van der Waals surface area (Å²) in [6, 6.07) is 6.70. The molecule has 1 N–H and O–H groups in total. The first-order chi connectivity index (χ1) is 7.61. The maximum absolute atomic E-state index is 11.3. The van der Waals surface area contributed by atoms with Gasteiger partial charge < -0.3 is 15.2 Å². The maximum atomic E-state index is 11.3. The highest BCUT2D eigenvalue weighted by Gasteiger charge is 2.00. The molecule has 0 atom stereocenters. The van der Waals surface area contributed by atoms with Crippen LogP contribution in [0.5, 0.6) is 0 Å². The molecule has 0 saturated carbocycles. The minimum Gasteiger partial charge on any atom is -0.550 e. The molecule has 0 aliphatic rings. The van der Waals surface area contributed by atoms with E-state index in [0.29, 0.717) is 17.7 Å². The highest BCUT2D eigenvalue weighted by atomic mass is 16.4. The molecule has 0 radical (unpaired) electrons. The van der Waals surface area contributed by atoms with Gasteiger partial charge in [0, 0.05) is 24.5 Å². The Hall–Kier alpha value is -1.84. The zero-order valence-corrected chi connectivity index (χ0v) is 9.16. The Balaban J connectivity index is 2.57. The summed E-state index contributed by atoms with van der Waals surface area (Å²) in [5, 5.41) is 13.1. The van der Waals surface area contributed by atoms with Crippen molar-refractivity contribution in [2.45, 2.75) is 26.2 Å². The number of rotatable bonds is 5. The number of carboxylic acids is 1. The number of carbonyl (C=O) groups is 2. The number of nitrogens with one attached hydrogen (secondary N) is 1. The third-order valence-electron chi connectivity index (χ3n) is 2.06. The molecule has 4 nitrogen and oxygen atoms in total. The van der Waals surface area contributed by atoms with Gasteiger partial charge in [-0.15, -0.1) is 0 Å². The normalized spacial score (nSPS) is 9.81. The van der Waals surface area contributed by atoms with Crippen LogP contribution in [0.4, 0.5) is 5.69 Å². The van der Waals surface area contributed by atoms with Gasteiger partial charge in [0.15, 0.2) is 0 Å². The first-order valence-electron chi connectivity index (χ1n) is 5.20. The standard InChI is InChI=1S/C12H15NO3/c1-2-3-11(14)13-10-6-4-9(5-7-10)8-12(15)16/h4-7H,2-3,8H2,1H3,(H,13,14)(H,15,16)/p-1. The van der Waals surface area contributed by atoms with E-state index in [1.807, 2.05) is 6.92 Å². The van der Waals surface area contributed by atoms with E-state index in [4.69, 9.17) is 0 Å². The molecule has 0 bridgehead atoms. The number of carboxylic acid groups (broad SMARTS) is 1. The van der Waals surface area contributed by atoms with Crippen LogP contribution in [0.2, 0.25) is 0 Å². The Morgan fingerprint density at radius 2 is 1.88 bits per heavy atom. The summed E-state index contributed by atoms with van der Waals surface area (Å²) in [7, 11) is 0. The van der Waals surface area contributed by atoms with Crippen LogP contribution in [0.1, 0.15) is 25.3 Å². The minimum atomic E-state index is -1.11. The van der Waals surface area contributed by atoms with E-state index in [-0.39, 0.29) is 12.3 Å². The fourth-order valence-electron chi connectivity index (χ4n) is 1.32. The molecule has 0 aliphatic carbocycles. The number of anilines is 1. The van der Waals surface area contributed by atoms with Gasteiger partial charge in [0.2, 0.25) is 5.91 Å². The van der Waals surface area contributed by atoms with Gasteiger partial charge in [-0.05, 0) is 24.1 Å². The van der Waals surface area contributed by atoms with Crippen molar-refractivity contribution in [1.29, 1.82) is 0 Å². The van der Waals surface area contributed by atoms with Crippen molar-refractivity contribution in [3.8, 4) is 0 Å². The lowest BCUT2D eigenvalue weighted by Gasteiger charge is -2.06. The lowest BCUT2D eigenvalue weighted by atomic mass is 10.1. The maximum Gasteiger partial charge on any atom is 0.224 e. The molecule has 0 unspecified atom stereocenters. The van der Waals surface area contributed by atoms with Crippen LogP contribution in [-0.2, 0) is 16.0 Å². The molecule has 4 heteroatoms. The lowest BCUT2D eigenvalue weighted by Crippen LogP contribution is -2.24. The second-order valence-corrected chi connectivity index (χ2v) is 3.54. The van der Waals surface area contributed by atoms with Crippen molar-refractivity contribution in [3.05, 3.63) is 29.8 Å². The second-order valence-electron chi connectivity index (χ2n) is 3.54. The van der Waals surface area contributed by atoms with Gasteiger partial charge >= 0.3 is 0 Å². The fraction of sp³-hybridized carbons (Fsp3) is 0.333. The highest BCUT2D eigenvalue weighted by Crippen LogP contribution is 2.10. The zero-order chi connectivity index (χ0) is 12.0. The smallest absolute Gasteiger partial charge is 0.224 e. The molecule has 0 saturated heterocycles. The molecule has 0 aromatic heterocycles. The molecule has 1 rings (SSSR count).